The van der Waals surface area contributed by atoms with E-state index in [4.69, 9.17) is 5.11 Å². The first-order valence-electron chi connectivity index (χ1n) is 8.96. The summed E-state index contributed by atoms with van der Waals surface area (Å²) < 4.78 is 0. The van der Waals surface area contributed by atoms with Gasteiger partial charge in [0, 0.05) is 13.1 Å². The van der Waals surface area contributed by atoms with Gasteiger partial charge in [-0.2, -0.15) is 0 Å². The molecule has 1 fully saturated rings. The number of anilines is 1. The van der Waals surface area contributed by atoms with Crippen LogP contribution in [0.25, 0.3) is 0 Å². The fourth-order valence-electron chi connectivity index (χ4n) is 3.33. The summed E-state index contributed by atoms with van der Waals surface area (Å²) in [6.07, 6.45) is 2.03. The minimum absolute atomic E-state index is 0.0341. The van der Waals surface area contributed by atoms with Gasteiger partial charge in [-0.15, -0.1) is 0 Å². The van der Waals surface area contributed by atoms with E-state index in [1.165, 1.54) is 12.1 Å². The standard InChI is InChI=1S/C21H22N2O4/c1-14-6-4-9-17(19(14)20(25)23-10-2-3-11-23)22-18(24)13-15-7-5-8-16(12-15)21(26)27/h4-9,12H,2-3,10-11,13H2,1H3,(H,22,24)(H,26,27). The van der Waals surface area contributed by atoms with Crippen LogP contribution in [-0.2, 0) is 11.2 Å². The minimum atomic E-state index is -1.03. The normalized spacial score (nSPS) is 13.4. The number of aromatic carboxylic acids is 1. The van der Waals surface area contributed by atoms with Gasteiger partial charge in [0.05, 0.1) is 23.2 Å². The Balaban J connectivity index is 1.78. The van der Waals surface area contributed by atoms with Gasteiger partial charge in [-0.3, -0.25) is 9.59 Å². The van der Waals surface area contributed by atoms with Crippen LogP contribution in [0.4, 0.5) is 5.69 Å². The van der Waals surface area contributed by atoms with Crippen molar-refractivity contribution in [2.45, 2.75) is 26.2 Å². The van der Waals surface area contributed by atoms with Crippen LogP contribution in [0.5, 0.6) is 0 Å². The predicted octanol–water partition coefficient (Wildman–Crippen LogP) is 3.11. The number of likely N-dealkylation sites (tertiary alicyclic amines) is 1. The molecule has 0 aromatic heterocycles. The van der Waals surface area contributed by atoms with Gasteiger partial charge in [0.1, 0.15) is 0 Å². The summed E-state index contributed by atoms with van der Waals surface area (Å²) in [6, 6.07) is 11.7. The third-order valence-corrected chi connectivity index (χ3v) is 4.69. The van der Waals surface area contributed by atoms with Crippen molar-refractivity contribution in [2.75, 3.05) is 18.4 Å². The minimum Gasteiger partial charge on any atom is -0.478 e. The molecule has 3 rings (SSSR count). The van der Waals surface area contributed by atoms with Gasteiger partial charge < -0.3 is 15.3 Å². The number of amides is 2. The smallest absolute Gasteiger partial charge is 0.335 e. The fourth-order valence-corrected chi connectivity index (χ4v) is 3.33. The van der Waals surface area contributed by atoms with Crippen LogP contribution in [-0.4, -0.2) is 40.9 Å². The second-order valence-electron chi connectivity index (χ2n) is 6.73. The summed E-state index contributed by atoms with van der Waals surface area (Å²) >= 11 is 0. The Labute approximate surface area is 157 Å². The molecule has 27 heavy (non-hydrogen) atoms. The zero-order chi connectivity index (χ0) is 19.4. The average molecular weight is 366 g/mol. The van der Waals surface area contributed by atoms with Crippen LogP contribution >= 0.6 is 0 Å². The molecule has 2 aromatic carbocycles. The predicted molar refractivity (Wildman–Crippen MR) is 102 cm³/mol. The van der Waals surface area contributed by atoms with Crippen LogP contribution in [0, 0.1) is 6.92 Å². The lowest BCUT2D eigenvalue weighted by molar-refractivity contribution is -0.115. The molecule has 1 aliphatic heterocycles. The number of nitrogens with one attached hydrogen (secondary N) is 1. The highest BCUT2D eigenvalue weighted by atomic mass is 16.4. The van der Waals surface area contributed by atoms with Gasteiger partial charge in [-0.05, 0) is 49.1 Å². The molecule has 0 aliphatic carbocycles. The summed E-state index contributed by atoms with van der Waals surface area (Å²) in [6.45, 7) is 3.33. The summed E-state index contributed by atoms with van der Waals surface area (Å²) in [4.78, 5) is 38.2. The molecule has 2 amide bonds. The second kappa shape index (κ2) is 8.03. The van der Waals surface area contributed by atoms with Crippen molar-refractivity contribution in [3.05, 3.63) is 64.7 Å². The third-order valence-electron chi connectivity index (χ3n) is 4.69. The lowest BCUT2D eigenvalue weighted by atomic mass is 10.0. The largest absolute Gasteiger partial charge is 0.478 e. The number of aryl methyl sites for hydroxylation is 1. The van der Waals surface area contributed by atoms with Crippen LogP contribution < -0.4 is 5.32 Å². The summed E-state index contributed by atoms with van der Waals surface area (Å²) in [5, 5.41) is 11.9. The molecule has 140 valence electrons. The Kier molecular flexibility index (Phi) is 5.54. The first-order chi connectivity index (χ1) is 13.0. The quantitative estimate of drug-likeness (QED) is 0.851. The van der Waals surface area contributed by atoms with Crippen molar-refractivity contribution in [1.82, 2.24) is 4.90 Å². The molecule has 0 spiro atoms. The molecule has 2 N–H and O–H groups in total. The van der Waals surface area contributed by atoms with Gasteiger partial charge >= 0.3 is 5.97 Å². The lowest BCUT2D eigenvalue weighted by Crippen LogP contribution is -2.29. The highest BCUT2D eigenvalue weighted by Crippen LogP contribution is 2.24. The Morgan fingerprint density at radius 3 is 2.48 bits per heavy atom. The van der Waals surface area contributed by atoms with Gasteiger partial charge in [0.25, 0.3) is 5.91 Å². The highest BCUT2D eigenvalue weighted by molar-refractivity contribution is 6.05. The van der Waals surface area contributed by atoms with E-state index in [-0.39, 0.29) is 23.8 Å². The Morgan fingerprint density at radius 2 is 1.78 bits per heavy atom. The molecule has 0 atom stereocenters. The number of nitrogens with zero attached hydrogens (tertiary/aromatic N) is 1. The van der Waals surface area contributed by atoms with E-state index in [2.05, 4.69) is 5.32 Å². The van der Waals surface area contributed by atoms with Gasteiger partial charge in [-0.1, -0.05) is 24.3 Å². The van der Waals surface area contributed by atoms with Crippen molar-refractivity contribution in [1.29, 1.82) is 0 Å². The number of rotatable bonds is 5. The molecule has 0 bridgehead atoms. The molecule has 0 saturated carbocycles. The molecule has 2 aromatic rings. The fraction of sp³-hybridized carbons (Fsp3) is 0.286. The second-order valence-corrected chi connectivity index (χ2v) is 6.73. The lowest BCUT2D eigenvalue weighted by Gasteiger charge is -2.19. The van der Waals surface area contributed by atoms with E-state index in [1.54, 1.807) is 24.3 Å². The number of carboxylic acid groups (broad SMARTS) is 1. The number of hydrogen-bond donors (Lipinski definition) is 2. The summed E-state index contributed by atoms with van der Waals surface area (Å²) in [5.74, 6) is -1.39. The number of carbonyl (C=O) groups is 3. The van der Waals surface area contributed by atoms with Crippen LogP contribution in [0.2, 0.25) is 0 Å². The van der Waals surface area contributed by atoms with Crippen molar-refractivity contribution >= 4 is 23.5 Å². The maximum absolute atomic E-state index is 12.9. The molecule has 0 unspecified atom stereocenters. The first kappa shape index (κ1) is 18.6. The monoisotopic (exact) mass is 366 g/mol. The van der Waals surface area contributed by atoms with Gasteiger partial charge in [0.15, 0.2) is 0 Å². The molecule has 6 heteroatoms. The van der Waals surface area contributed by atoms with Gasteiger partial charge in [0.2, 0.25) is 5.91 Å². The highest BCUT2D eigenvalue weighted by Gasteiger charge is 2.24. The van der Waals surface area contributed by atoms with E-state index >= 15 is 0 Å². The molecule has 1 aliphatic rings. The molecular weight excluding hydrogens is 344 g/mol. The van der Waals surface area contributed by atoms with E-state index in [9.17, 15) is 14.4 Å². The molecular formula is C21H22N2O4. The molecule has 1 heterocycles. The SMILES string of the molecule is Cc1cccc(NC(=O)Cc2cccc(C(=O)O)c2)c1C(=O)N1CCCC1. The van der Waals surface area contributed by atoms with Gasteiger partial charge in [-0.25, -0.2) is 4.79 Å². The van der Waals surface area contributed by atoms with Crippen molar-refractivity contribution in [2.24, 2.45) is 0 Å². The first-order valence-corrected chi connectivity index (χ1v) is 8.96. The van der Waals surface area contributed by atoms with Crippen LogP contribution in [0.3, 0.4) is 0 Å². The van der Waals surface area contributed by atoms with Crippen molar-refractivity contribution in [3.63, 3.8) is 0 Å². The number of benzene rings is 2. The van der Waals surface area contributed by atoms with E-state index in [0.717, 1.165) is 31.5 Å². The molecule has 1 saturated heterocycles. The molecule has 0 radical (unpaired) electrons. The van der Waals surface area contributed by atoms with Crippen LogP contribution in [0.15, 0.2) is 42.5 Å². The maximum Gasteiger partial charge on any atom is 0.335 e. The van der Waals surface area contributed by atoms with E-state index in [0.29, 0.717) is 16.8 Å². The Morgan fingerprint density at radius 1 is 1.07 bits per heavy atom. The number of carbonyl (C=O) groups excluding carboxylic acids is 2. The number of hydrogen-bond acceptors (Lipinski definition) is 3. The van der Waals surface area contributed by atoms with E-state index < -0.39 is 5.97 Å². The summed E-state index contributed by atoms with van der Waals surface area (Å²) in [7, 11) is 0. The van der Waals surface area contributed by atoms with Crippen molar-refractivity contribution < 1.29 is 19.5 Å². The topological polar surface area (TPSA) is 86.7 Å². The van der Waals surface area contributed by atoms with Crippen LogP contribution in [0.1, 0.15) is 44.7 Å². The Hall–Kier alpha value is -3.15. The zero-order valence-electron chi connectivity index (χ0n) is 15.2. The molecule has 6 nitrogen and oxygen atoms in total. The number of carboxylic acids is 1. The zero-order valence-corrected chi connectivity index (χ0v) is 15.2. The summed E-state index contributed by atoms with van der Waals surface area (Å²) in [5.41, 5.74) is 2.57. The van der Waals surface area contributed by atoms with E-state index in [1.807, 2.05) is 17.9 Å². The average Bonchev–Trinajstić information content (AvgIpc) is 3.16. The van der Waals surface area contributed by atoms with Crippen molar-refractivity contribution in [3.8, 4) is 0 Å². The maximum atomic E-state index is 12.9. The third kappa shape index (κ3) is 4.34. The Bertz CT molecular complexity index is 886.